The molecule has 0 saturated carbocycles. The molecule has 3 aromatic carbocycles. The highest BCUT2D eigenvalue weighted by atomic mass is 19.2. The van der Waals surface area contributed by atoms with E-state index in [-0.39, 0.29) is 5.69 Å². The zero-order chi connectivity index (χ0) is 16.2. The van der Waals surface area contributed by atoms with Crippen LogP contribution >= 0.6 is 0 Å². The quantitative estimate of drug-likeness (QED) is 0.703. The standard InChI is InChI=1S/C19H15F2NO/c20-16-10-14(11-17(22)19(16)21)15-8-4-5-9-18(15)23-12-13-6-2-1-3-7-13/h1-11H,12,22H2. The second-order valence-electron chi connectivity index (χ2n) is 5.13. The maximum atomic E-state index is 13.6. The molecular formula is C19H15F2NO. The molecule has 0 heterocycles. The molecule has 2 nitrogen and oxygen atoms in total. The minimum atomic E-state index is -1.03. The summed E-state index contributed by atoms with van der Waals surface area (Å²) in [6.07, 6.45) is 0. The fourth-order valence-corrected chi connectivity index (χ4v) is 2.33. The molecule has 0 atom stereocenters. The van der Waals surface area contributed by atoms with Gasteiger partial charge < -0.3 is 10.5 Å². The van der Waals surface area contributed by atoms with Crippen molar-refractivity contribution in [1.29, 1.82) is 0 Å². The van der Waals surface area contributed by atoms with Crippen LogP contribution in [0.3, 0.4) is 0 Å². The number of benzene rings is 3. The monoisotopic (exact) mass is 311 g/mol. The molecule has 0 aliphatic heterocycles. The third kappa shape index (κ3) is 3.31. The maximum Gasteiger partial charge on any atom is 0.181 e. The van der Waals surface area contributed by atoms with E-state index >= 15 is 0 Å². The van der Waals surface area contributed by atoms with Gasteiger partial charge in [0, 0.05) is 5.56 Å². The van der Waals surface area contributed by atoms with Crippen LogP contribution in [0.1, 0.15) is 5.56 Å². The van der Waals surface area contributed by atoms with Crippen LogP contribution in [0, 0.1) is 11.6 Å². The van der Waals surface area contributed by atoms with E-state index in [0.29, 0.717) is 23.5 Å². The Balaban J connectivity index is 1.92. The number of nitrogen functional groups attached to an aromatic ring is 1. The van der Waals surface area contributed by atoms with Crippen molar-refractivity contribution in [1.82, 2.24) is 0 Å². The summed E-state index contributed by atoms with van der Waals surface area (Å²) in [5, 5.41) is 0. The SMILES string of the molecule is Nc1cc(-c2ccccc2OCc2ccccc2)cc(F)c1F. The molecule has 2 N–H and O–H groups in total. The van der Waals surface area contributed by atoms with Gasteiger partial charge in [-0.15, -0.1) is 0 Å². The molecule has 0 fully saturated rings. The van der Waals surface area contributed by atoms with Gasteiger partial charge in [0.2, 0.25) is 0 Å². The molecule has 0 aliphatic rings. The van der Waals surface area contributed by atoms with E-state index in [1.807, 2.05) is 42.5 Å². The summed E-state index contributed by atoms with van der Waals surface area (Å²) in [5.41, 5.74) is 7.45. The number of rotatable bonds is 4. The van der Waals surface area contributed by atoms with Crippen LogP contribution in [0.5, 0.6) is 5.75 Å². The number of ether oxygens (including phenoxy) is 1. The van der Waals surface area contributed by atoms with Gasteiger partial charge in [-0.2, -0.15) is 0 Å². The Bertz CT molecular complexity index is 796. The molecular weight excluding hydrogens is 296 g/mol. The molecule has 0 unspecified atom stereocenters. The third-order valence-corrected chi connectivity index (χ3v) is 3.49. The lowest BCUT2D eigenvalue weighted by Crippen LogP contribution is -1.99. The lowest BCUT2D eigenvalue weighted by Gasteiger charge is -2.12. The summed E-state index contributed by atoms with van der Waals surface area (Å²) in [6, 6.07) is 19.4. The second kappa shape index (κ2) is 6.48. The molecule has 0 bridgehead atoms. The Morgan fingerprint density at radius 3 is 2.30 bits per heavy atom. The van der Waals surface area contributed by atoms with E-state index in [2.05, 4.69) is 0 Å². The van der Waals surface area contributed by atoms with Crippen molar-refractivity contribution in [2.75, 3.05) is 5.73 Å². The Kier molecular flexibility index (Phi) is 4.24. The number of anilines is 1. The van der Waals surface area contributed by atoms with Crippen LogP contribution in [-0.4, -0.2) is 0 Å². The van der Waals surface area contributed by atoms with Gasteiger partial charge in [0.25, 0.3) is 0 Å². The highest BCUT2D eigenvalue weighted by molar-refractivity contribution is 5.73. The topological polar surface area (TPSA) is 35.2 Å². The predicted molar refractivity (Wildman–Crippen MR) is 87.0 cm³/mol. The average Bonchev–Trinajstić information content (AvgIpc) is 2.58. The van der Waals surface area contributed by atoms with Gasteiger partial charge >= 0.3 is 0 Å². The second-order valence-corrected chi connectivity index (χ2v) is 5.13. The van der Waals surface area contributed by atoms with E-state index in [0.717, 1.165) is 11.6 Å². The molecule has 0 radical (unpaired) electrons. The normalized spacial score (nSPS) is 10.5. The first-order chi connectivity index (χ1) is 11.1. The first-order valence-corrected chi connectivity index (χ1v) is 7.16. The highest BCUT2D eigenvalue weighted by Gasteiger charge is 2.12. The molecule has 23 heavy (non-hydrogen) atoms. The molecule has 0 aromatic heterocycles. The number of hydrogen-bond donors (Lipinski definition) is 1. The van der Waals surface area contributed by atoms with Crippen LogP contribution in [0.4, 0.5) is 14.5 Å². The van der Waals surface area contributed by atoms with Crippen LogP contribution in [0.2, 0.25) is 0 Å². The highest BCUT2D eigenvalue weighted by Crippen LogP contribution is 2.33. The minimum Gasteiger partial charge on any atom is -0.488 e. The van der Waals surface area contributed by atoms with Crippen molar-refractivity contribution in [3.63, 3.8) is 0 Å². The third-order valence-electron chi connectivity index (χ3n) is 3.49. The summed E-state index contributed by atoms with van der Waals surface area (Å²) < 4.78 is 32.8. The summed E-state index contributed by atoms with van der Waals surface area (Å²) in [7, 11) is 0. The maximum absolute atomic E-state index is 13.6. The van der Waals surface area contributed by atoms with Gasteiger partial charge in [-0.3, -0.25) is 0 Å². The number of para-hydroxylation sites is 1. The molecule has 0 amide bonds. The van der Waals surface area contributed by atoms with E-state index in [1.165, 1.54) is 6.07 Å². The minimum absolute atomic E-state index is 0.224. The molecule has 4 heteroatoms. The molecule has 0 saturated heterocycles. The first kappa shape index (κ1) is 15.0. The summed E-state index contributed by atoms with van der Waals surface area (Å²) in [5.74, 6) is -1.42. The number of hydrogen-bond acceptors (Lipinski definition) is 2. The molecule has 0 aliphatic carbocycles. The molecule has 3 rings (SSSR count). The largest absolute Gasteiger partial charge is 0.488 e. The molecule has 116 valence electrons. The van der Waals surface area contributed by atoms with Gasteiger partial charge in [0.05, 0.1) is 5.69 Å². The van der Waals surface area contributed by atoms with E-state index in [9.17, 15) is 8.78 Å². The summed E-state index contributed by atoms with van der Waals surface area (Å²) in [4.78, 5) is 0. The van der Waals surface area contributed by atoms with Crippen LogP contribution < -0.4 is 10.5 Å². The van der Waals surface area contributed by atoms with Gasteiger partial charge in [0.15, 0.2) is 11.6 Å². The van der Waals surface area contributed by atoms with Crippen molar-refractivity contribution in [2.24, 2.45) is 0 Å². The fourth-order valence-electron chi connectivity index (χ4n) is 2.33. The van der Waals surface area contributed by atoms with E-state index in [4.69, 9.17) is 10.5 Å². The zero-order valence-electron chi connectivity index (χ0n) is 12.3. The van der Waals surface area contributed by atoms with Crippen LogP contribution in [0.15, 0.2) is 66.7 Å². The van der Waals surface area contributed by atoms with Gasteiger partial charge in [-0.1, -0.05) is 48.5 Å². The van der Waals surface area contributed by atoms with Gasteiger partial charge in [-0.25, -0.2) is 8.78 Å². The number of nitrogens with two attached hydrogens (primary N) is 1. The van der Waals surface area contributed by atoms with E-state index < -0.39 is 11.6 Å². The lowest BCUT2D eigenvalue weighted by molar-refractivity contribution is 0.307. The Morgan fingerprint density at radius 1 is 0.870 bits per heavy atom. The van der Waals surface area contributed by atoms with Gasteiger partial charge in [0.1, 0.15) is 12.4 Å². The first-order valence-electron chi connectivity index (χ1n) is 7.16. The fraction of sp³-hybridized carbons (Fsp3) is 0.0526. The number of halogens is 2. The zero-order valence-corrected chi connectivity index (χ0v) is 12.3. The molecule has 0 spiro atoms. The van der Waals surface area contributed by atoms with Crippen molar-refractivity contribution in [3.05, 3.63) is 83.9 Å². The summed E-state index contributed by atoms with van der Waals surface area (Å²) >= 11 is 0. The average molecular weight is 311 g/mol. The Labute approximate surface area is 133 Å². The Hall–Kier alpha value is -2.88. The van der Waals surface area contributed by atoms with Crippen molar-refractivity contribution < 1.29 is 13.5 Å². The summed E-state index contributed by atoms with van der Waals surface area (Å²) in [6.45, 7) is 0.386. The van der Waals surface area contributed by atoms with Crippen LogP contribution in [0.25, 0.3) is 11.1 Å². The molecule has 3 aromatic rings. The predicted octanol–water partition coefficient (Wildman–Crippen LogP) is 4.79. The lowest BCUT2D eigenvalue weighted by atomic mass is 10.0. The van der Waals surface area contributed by atoms with Crippen molar-refractivity contribution >= 4 is 5.69 Å². The van der Waals surface area contributed by atoms with Crippen molar-refractivity contribution in [3.8, 4) is 16.9 Å². The van der Waals surface area contributed by atoms with E-state index in [1.54, 1.807) is 12.1 Å². The van der Waals surface area contributed by atoms with Crippen LogP contribution in [-0.2, 0) is 6.61 Å². The Morgan fingerprint density at radius 2 is 1.57 bits per heavy atom. The van der Waals surface area contributed by atoms with Gasteiger partial charge in [-0.05, 0) is 29.3 Å². The smallest absolute Gasteiger partial charge is 0.181 e. The van der Waals surface area contributed by atoms with Crippen molar-refractivity contribution in [2.45, 2.75) is 6.61 Å².